The Bertz CT molecular complexity index is 1110. The maximum Gasteiger partial charge on any atom is 0.262 e. The molecule has 1 aromatic heterocycles. The molecule has 2 aromatic carbocycles. The van der Waals surface area contributed by atoms with E-state index in [1.54, 1.807) is 29.7 Å². The van der Waals surface area contributed by atoms with Crippen LogP contribution in [0.3, 0.4) is 0 Å². The summed E-state index contributed by atoms with van der Waals surface area (Å²) in [5.74, 6) is -0.250. The molecule has 4 rings (SSSR count). The van der Waals surface area contributed by atoms with Crippen molar-refractivity contribution in [1.82, 2.24) is 14.9 Å². The molecule has 0 saturated heterocycles. The maximum atomic E-state index is 13.3. The molecule has 0 spiro atoms. The van der Waals surface area contributed by atoms with Gasteiger partial charge in [0.15, 0.2) is 5.16 Å². The van der Waals surface area contributed by atoms with Gasteiger partial charge >= 0.3 is 0 Å². The molecule has 0 unspecified atom stereocenters. The van der Waals surface area contributed by atoms with Crippen molar-refractivity contribution < 1.29 is 9.18 Å². The molecule has 28 heavy (non-hydrogen) atoms. The van der Waals surface area contributed by atoms with E-state index in [4.69, 9.17) is 0 Å². The summed E-state index contributed by atoms with van der Waals surface area (Å²) in [7, 11) is 0. The van der Waals surface area contributed by atoms with Gasteiger partial charge in [0.1, 0.15) is 5.82 Å². The Morgan fingerprint density at radius 1 is 1.29 bits per heavy atom. The molecule has 5 nitrogen and oxygen atoms in total. The number of aryl methyl sites for hydroxylation is 1. The largest absolute Gasteiger partial charge is 0.351 e. The van der Waals surface area contributed by atoms with Crippen LogP contribution in [0.4, 0.5) is 4.39 Å². The number of amides is 1. The predicted octanol–water partition coefficient (Wildman–Crippen LogP) is 3.59. The molecule has 1 N–H and O–H groups in total. The van der Waals surface area contributed by atoms with Crippen molar-refractivity contribution in [3.63, 3.8) is 0 Å². The quantitative estimate of drug-likeness (QED) is 0.510. The molecule has 1 heterocycles. The lowest BCUT2D eigenvalue weighted by molar-refractivity contribution is -0.118. The van der Waals surface area contributed by atoms with Gasteiger partial charge in [0.25, 0.3) is 5.56 Å². The van der Waals surface area contributed by atoms with Gasteiger partial charge < -0.3 is 5.32 Å². The smallest absolute Gasteiger partial charge is 0.262 e. The summed E-state index contributed by atoms with van der Waals surface area (Å²) >= 11 is 1.27. The van der Waals surface area contributed by atoms with Crippen molar-refractivity contribution >= 4 is 28.6 Å². The van der Waals surface area contributed by atoms with Crippen LogP contribution < -0.4 is 10.9 Å². The minimum Gasteiger partial charge on any atom is -0.351 e. The van der Waals surface area contributed by atoms with Crippen LogP contribution in [0, 0.1) is 12.7 Å². The Morgan fingerprint density at radius 3 is 2.82 bits per heavy atom. The molecular formula is C21H20FN3O2S. The van der Waals surface area contributed by atoms with Gasteiger partial charge in [-0.3, -0.25) is 14.2 Å². The summed E-state index contributed by atoms with van der Waals surface area (Å²) in [4.78, 5) is 29.7. The van der Waals surface area contributed by atoms with Gasteiger partial charge in [-0.15, -0.1) is 0 Å². The monoisotopic (exact) mass is 397 g/mol. The van der Waals surface area contributed by atoms with Gasteiger partial charge in [0.2, 0.25) is 5.91 Å². The molecule has 1 aliphatic carbocycles. The lowest BCUT2D eigenvalue weighted by atomic mass is 10.1. The van der Waals surface area contributed by atoms with E-state index in [0.717, 1.165) is 18.4 Å². The Labute approximate surface area is 166 Å². The first kappa shape index (κ1) is 18.7. The fourth-order valence-corrected chi connectivity index (χ4v) is 3.98. The molecule has 1 fully saturated rings. The number of carbonyl (C=O) groups excluding carboxylic acids is 1. The Hall–Kier alpha value is -2.67. The average Bonchev–Trinajstić information content (AvgIpc) is 3.52. The highest BCUT2D eigenvalue weighted by atomic mass is 32.2. The van der Waals surface area contributed by atoms with Crippen LogP contribution in [0.15, 0.2) is 52.4 Å². The molecule has 0 bridgehead atoms. The molecule has 1 aliphatic rings. The van der Waals surface area contributed by atoms with E-state index < -0.39 is 0 Å². The van der Waals surface area contributed by atoms with Gasteiger partial charge in [-0.05, 0) is 49.1 Å². The van der Waals surface area contributed by atoms with Crippen LogP contribution in [-0.4, -0.2) is 21.2 Å². The summed E-state index contributed by atoms with van der Waals surface area (Å²) in [6, 6.07) is 12.2. The normalized spacial score (nSPS) is 13.6. The summed E-state index contributed by atoms with van der Waals surface area (Å²) in [5, 5.41) is 4.02. The Morgan fingerprint density at radius 2 is 2.07 bits per heavy atom. The minimum atomic E-state index is -0.258. The predicted molar refractivity (Wildman–Crippen MR) is 108 cm³/mol. The highest BCUT2D eigenvalue weighted by Gasteiger charge is 2.28. The first-order valence-electron chi connectivity index (χ1n) is 9.19. The van der Waals surface area contributed by atoms with Crippen LogP contribution in [0.5, 0.6) is 0 Å². The first-order valence-corrected chi connectivity index (χ1v) is 10.2. The topological polar surface area (TPSA) is 64.0 Å². The molecule has 1 saturated carbocycles. The zero-order chi connectivity index (χ0) is 19.7. The van der Waals surface area contributed by atoms with E-state index in [1.165, 1.54) is 17.8 Å². The van der Waals surface area contributed by atoms with Crippen LogP contribution >= 0.6 is 11.8 Å². The number of para-hydroxylation sites is 1. The maximum absolute atomic E-state index is 13.3. The number of fused-ring (bicyclic) bond motifs is 1. The number of aromatic nitrogens is 2. The summed E-state index contributed by atoms with van der Waals surface area (Å²) < 4.78 is 15.1. The van der Waals surface area contributed by atoms with Crippen LogP contribution in [0.2, 0.25) is 0 Å². The van der Waals surface area contributed by atoms with Crippen molar-refractivity contribution in [2.45, 2.75) is 37.5 Å². The number of hydrogen-bond donors (Lipinski definition) is 1. The lowest BCUT2D eigenvalue weighted by Crippen LogP contribution is -2.26. The van der Waals surface area contributed by atoms with Crippen molar-refractivity contribution in [1.29, 1.82) is 0 Å². The number of thioether (sulfide) groups is 1. The number of rotatable bonds is 6. The highest BCUT2D eigenvalue weighted by Crippen LogP contribution is 2.36. The number of nitrogens with zero attached hydrogens (tertiary/aromatic N) is 2. The van der Waals surface area contributed by atoms with E-state index in [-0.39, 0.29) is 29.1 Å². The number of carbonyl (C=O) groups is 1. The van der Waals surface area contributed by atoms with Crippen molar-refractivity contribution in [3.05, 3.63) is 69.8 Å². The second kappa shape index (κ2) is 7.75. The van der Waals surface area contributed by atoms with Gasteiger partial charge in [-0.2, -0.15) is 0 Å². The van der Waals surface area contributed by atoms with Crippen molar-refractivity contribution in [3.8, 4) is 0 Å². The third-order valence-electron chi connectivity index (χ3n) is 4.73. The third-order valence-corrected chi connectivity index (χ3v) is 5.68. The molecule has 1 amide bonds. The van der Waals surface area contributed by atoms with E-state index in [0.29, 0.717) is 28.2 Å². The zero-order valence-corrected chi connectivity index (χ0v) is 16.3. The van der Waals surface area contributed by atoms with Crippen LogP contribution in [-0.2, 0) is 11.3 Å². The second-order valence-corrected chi connectivity index (χ2v) is 7.91. The van der Waals surface area contributed by atoms with E-state index in [2.05, 4.69) is 10.3 Å². The first-order chi connectivity index (χ1) is 13.5. The molecule has 3 aromatic rings. The molecule has 144 valence electrons. The van der Waals surface area contributed by atoms with Gasteiger partial charge in [0.05, 0.1) is 16.7 Å². The van der Waals surface area contributed by atoms with E-state index in [1.807, 2.05) is 18.2 Å². The van der Waals surface area contributed by atoms with Gasteiger partial charge in [-0.25, -0.2) is 9.37 Å². The third kappa shape index (κ3) is 3.94. The van der Waals surface area contributed by atoms with E-state index >= 15 is 0 Å². The van der Waals surface area contributed by atoms with Crippen molar-refractivity contribution in [2.75, 3.05) is 5.75 Å². The van der Waals surface area contributed by atoms with E-state index in [9.17, 15) is 14.0 Å². The molecule has 0 atom stereocenters. The van der Waals surface area contributed by atoms with Crippen LogP contribution in [0.1, 0.15) is 30.0 Å². The SMILES string of the molecule is Cc1cc(CNC(=O)CSc2nc3ccccc3c(=O)n2C2CC2)ccc1F. The minimum absolute atomic E-state index is 0.0437. The number of halogens is 1. The molecule has 0 aliphatic heterocycles. The zero-order valence-electron chi connectivity index (χ0n) is 15.4. The summed E-state index contributed by atoms with van der Waals surface area (Å²) in [6.45, 7) is 2.03. The fourth-order valence-electron chi connectivity index (χ4n) is 3.08. The number of hydrogen-bond acceptors (Lipinski definition) is 4. The highest BCUT2D eigenvalue weighted by molar-refractivity contribution is 7.99. The Balaban J connectivity index is 1.46. The molecule has 7 heteroatoms. The second-order valence-electron chi connectivity index (χ2n) is 6.97. The molecule has 0 radical (unpaired) electrons. The summed E-state index contributed by atoms with van der Waals surface area (Å²) in [6.07, 6.45) is 1.92. The number of benzene rings is 2. The number of nitrogens with one attached hydrogen (secondary N) is 1. The summed E-state index contributed by atoms with van der Waals surface area (Å²) in [5.41, 5.74) is 2.00. The fraction of sp³-hybridized carbons (Fsp3) is 0.286. The van der Waals surface area contributed by atoms with Crippen LogP contribution in [0.25, 0.3) is 10.9 Å². The van der Waals surface area contributed by atoms with Crippen molar-refractivity contribution in [2.24, 2.45) is 0 Å². The average molecular weight is 397 g/mol. The molecular weight excluding hydrogens is 377 g/mol. The standard InChI is InChI=1S/C21H20FN3O2S/c1-13-10-14(6-9-17(13)22)11-23-19(26)12-28-21-24-18-5-3-2-4-16(18)20(27)25(21)15-7-8-15/h2-6,9-10,15H,7-8,11-12H2,1H3,(H,23,26). The lowest BCUT2D eigenvalue weighted by Gasteiger charge is -2.12. The van der Waals surface area contributed by atoms with Gasteiger partial charge in [0, 0.05) is 12.6 Å². The van der Waals surface area contributed by atoms with Gasteiger partial charge in [-0.1, -0.05) is 36.0 Å². The Kier molecular flexibility index (Phi) is 5.17.